The molecule has 2 amide bonds. The van der Waals surface area contributed by atoms with E-state index in [0.29, 0.717) is 18.7 Å². The zero-order valence-electron chi connectivity index (χ0n) is 26.8. The molecule has 0 atom stereocenters. The minimum absolute atomic E-state index is 0.0634. The number of benzene rings is 3. The smallest absolute Gasteiger partial charge is 0.411 e. The molecular formula is C35H46FN3O4Si. The van der Waals surface area contributed by atoms with Crippen LogP contribution in [0.2, 0.25) is 18.1 Å². The van der Waals surface area contributed by atoms with Gasteiger partial charge in [0, 0.05) is 25.1 Å². The highest BCUT2D eigenvalue weighted by atomic mass is 28.4. The molecule has 2 N–H and O–H groups in total. The highest BCUT2D eigenvalue weighted by Crippen LogP contribution is 2.37. The molecule has 1 saturated heterocycles. The Morgan fingerprint density at radius 1 is 0.932 bits per heavy atom. The largest absolute Gasteiger partial charge is 0.446 e. The first kappa shape index (κ1) is 33.4. The maximum absolute atomic E-state index is 14.9. The van der Waals surface area contributed by atoms with Crippen molar-refractivity contribution < 1.29 is 23.1 Å². The van der Waals surface area contributed by atoms with Crippen LogP contribution < -0.4 is 10.6 Å². The third kappa shape index (κ3) is 9.23. The van der Waals surface area contributed by atoms with Gasteiger partial charge in [0.15, 0.2) is 8.32 Å². The van der Waals surface area contributed by atoms with E-state index in [-0.39, 0.29) is 29.2 Å². The van der Waals surface area contributed by atoms with Gasteiger partial charge in [-0.05, 0) is 79.3 Å². The molecule has 0 aromatic heterocycles. The van der Waals surface area contributed by atoms with Gasteiger partial charge < -0.3 is 19.4 Å². The van der Waals surface area contributed by atoms with E-state index in [9.17, 15) is 14.0 Å². The van der Waals surface area contributed by atoms with E-state index in [1.54, 1.807) is 12.1 Å². The van der Waals surface area contributed by atoms with Crippen molar-refractivity contribution in [1.29, 1.82) is 0 Å². The fourth-order valence-corrected chi connectivity index (χ4v) is 5.77. The van der Waals surface area contributed by atoms with Crippen LogP contribution in [-0.2, 0) is 27.0 Å². The van der Waals surface area contributed by atoms with Gasteiger partial charge in [-0.3, -0.25) is 10.1 Å². The summed E-state index contributed by atoms with van der Waals surface area (Å²) in [6.45, 7) is 12.9. The van der Waals surface area contributed by atoms with Gasteiger partial charge in [0.1, 0.15) is 11.9 Å². The molecule has 9 heteroatoms. The third-order valence-corrected chi connectivity index (χ3v) is 13.2. The molecule has 1 aliphatic rings. The lowest BCUT2D eigenvalue weighted by atomic mass is 9.99. The Balaban J connectivity index is 1.38. The number of hydrogen-bond donors (Lipinski definition) is 2. The van der Waals surface area contributed by atoms with Gasteiger partial charge in [0.2, 0.25) is 5.91 Å². The highest BCUT2D eigenvalue weighted by molar-refractivity contribution is 6.74. The van der Waals surface area contributed by atoms with Crippen LogP contribution in [-0.4, -0.2) is 51.5 Å². The monoisotopic (exact) mass is 619 g/mol. The van der Waals surface area contributed by atoms with Crippen LogP contribution >= 0.6 is 0 Å². The van der Waals surface area contributed by atoms with E-state index in [4.69, 9.17) is 9.16 Å². The zero-order valence-corrected chi connectivity index (χ0v) is 27.8. The average Bonchev–Trinajstić information content (AvgIpc) is 2.97. The number of carbonyl (C=O) groups is 2. The van der Waals surface area contributed by atoms with Gasteiger partial charge >= 0.3 is 6.09 Å². The Kier molecular flexibility index (Phi) is 11.0. The standard InChI is InChI=1S/C35H46FN3O4Si/c1-35(2,3)44(5,6)42-24-26-13-16-31(30(36)22-26)37-33(40)17-14-25-12-15-29(27-10-8-7-9-11-27)32(23-25)38-34(41)43-28-18-20-39(4)21-19-28/h7-13,15-16,22-23,28H,14,17-21,24H2,1-6H3,(H,37,40)(H,38,41). The first-order valence-corrected chi connectivity index (χ1v) is 18.3. The Morgan fingerprint density at radius 2 is 1.61 bits per heavy atom. The van der Waals surface area contributed by atoms with Gasteiger partial charge in [0.25, 0.3) is 0 Å². The topological polar surface area (TPSA) is 79.9 Å². The summed E-state index contributed by atoms with van der Waals surface area (Å²) >= 11 is 0. The molecule has 44 heavy (non-hydrogen) atoms. The molecule has 1 fully saturated rings. The maximum atomic E-state index is 14.9. The summed E-state index contributed by atoms with van der Waals surface area (Å²) in [6, 6.07) is 20.4. The molecule has 0 saturated carbocycles. The molecule has 0 spiro atoms. The molecule has 0 radical (unpaired) electrons. The average molecular weight is 620 g/mol. The number of anilines is 2. The van der Waals surface area contributed by atoms with Crippen LogP contribution in [0.4, 0.5) is 20.6 Å². The summed E-state index contributed by atoms with van der Waals surface area (Å²) < 4.78 is 26.8. The first-order chi connectivity index (χ1) is 20.8. The van der Waals surface area contributed by atoms with E-state index in [0.717, 1.165) is 48.2 Å². The van der Waals surface area contributed by atoms with E-state index in [2.05, 4.69) is 56.4 Å². The number of hydrogen-bond acceptors (Lipinski definition) is 5. The second-order valence-corrected chi connectivity index (χ2v) is 18.0. The lowest BCUT2D eigenvalue weighted by Gasteiger charge is -2.36. The fraction of sp³-hybridized carbons (Fsp3) is 0.429. The van der Waals surface area contributed by atoms with E-state index >= 15 is 0 Å². The van der Waals surface area contributed by atoms with Crippen LogP contribution in [0.3, 0.4) is 0 Å². The van der Waals surface area contributed by atoms with Gasteiger partial charge in [-0.2, -0.15) is 0 Å². The van der Waals surface area contributed by atoms with Crippen LogP contribution in [0, 0.1) is 5.82 Å². The van der Waals surface area contributed by atoms with Gasteiger partial charge in [-0.15, -0.1) is 0 Å². The molecule has 7 nitrogen and oxygen atoms in total. The lowest BCUT2D eigenvalue weighted by molar-refractivity contribution is -0.116. The predicted molar refractivity (Wildman–Crippen MR) is 178 cm³/mol. The summed E-state index contributed by atoms with van der Waals surface area (Å²) in [4.78, 5) is 27.9. The first-order valence-electron chi connectivity index (χ1n) is 15.4. The van der Waals surface area contributed by atoms with Crippen molar-refractivity contribution in [2.45, 2.75) is 77.3 Å². The minimum Gasteiger partial charge on any atom is -0.446 e. The molecular weight excluding hydrogens is 573 g/mol. The van der Waals surface area contributed by atoms with Crippen molar-refractivity contribution in [3.05, 3.63) is 83.7 Å². The molecule has 3 aromatic rings. The maximum Gasteiger partial charge on any atom is 0.411 e. The van der Waals surface area contributed by atoms with Gasteiger partial charge in [-0.25, -0.2) is 9.18 Å². The zero-order chi connectivity index (χ0) is 31.9. The van der Waals surface area contributed by atoms with Crippen LogP contribution in [0.5, 0.6) is 0 Å². The molecule has 1 aliphatic heterocycles. The van der Waals surface area contributed by atoms with Gasteiger partial charge in [0.05, 0.1) is 18.0 Å². The quantitative estimate of drug-likeness (QED) is 0.224. The second kappa shape index (κ2) is 14.5. The van der Waals surface area contributed by atoms with Gasteiger partial charge in [-0.1, -0.05) is 69.3 Å². The number of aryl methyl sites for hydroxylation is 1. The van der Waals surface area contributed by atoms with Crippen molar-refractivity contribution in [3.8, 4) is 11.1 Å². The number of ether oxygens (including phenoxy) is 1. The Hall–Kier alpha value is -3.53. The third-order valence-electron chi connectivity index (χ3n) is 8.70. The Bertz CT molecular complexity index is 1430. The van der Waals surface area contributed by atoms with Crippen molar-refractivity contribution >= 4 is 31.7 Å². The Labute approximate surface area is 262 Å². The lowest BCUT2D eigenvalue weighted by Crippen LogP contribution is -2.40. The van der Waals surface area contributed by atoms with Crippen molar-refractivity contribution in [2.75, 3.05) is 30.8 Å². The number of piperidine rings is 1. The number of nitrogens with zero attached hydrogens (tertiary/aromatic N) is 1. The van der Waals surface area contributed by atoms with Crippen LogP contribution in [0.15, 0.2) is 66.7 Å². The van der Waals surface area contributed by atoms with E-state index < -0.39 is 20.2 Å². The molecule has 0 aliphatic carbocycles. The normalized spacial score (nSPS) is 14.7. The summed E-state index contributed by atoms with van der Waals surface area (Å²) in [5, 5.41) is 5.70. The predicted octanol–water partition coefficient (Wildman–Crippen LogP) is 8.23. The minimum atomic E-state index is -1.96. The van der Waals surface area contributed by atoms with Crippen molar-refractivity contribution in [3.63, 3.8) is 0 Å². The summed E-state index contributed by atoms with van der Waals surface area (Å²) in [6.07, 6.45) is 1.58. The van der Waals surface area contributed by atoms with Crippen molar-refractivity contribution in [1.82, 2.24) is 4.90 Å². The molecule has 3 aromatic carbocycles. The molecule has 4 rings (SSSR count). The molecule has 0 unspecified atom stereocenters. The summed E-state index contributed by atoms with van der Waals surface area (Å²) in [5.74, 6) is -0.783. The van der Waals surface area contributed by atoms with Crippen molar-refractivity contribution in [2.24, 2.45) is 0 Å². The number of likely N-dealkylation sites (tertiary alicyclic amines) is 1. The highest BCUT2D eigenvalue weighted by Gasteiger charge is 2.37. The van der Waals surface area contributed by atoms with E-state index in [1.807, 2.05) is 48.5 Å². The summed E-state index contributed by atoms with van der Waals surface area (Å²) in [7, 11) is 0.102. The molecule has 0 bridgehead atoms. The summed E-state index contributed by atoms with van der Waals surface area (Å²) in [5.41, 5.74) is 4.18. The van der Waals surface area contributed by atoms with Crippen LogP contribution in [0.1, 0.15) is 51.2 Å². The fourth-order valence-electron chi connectivity index (χ4n) is 4.81. The molecule has 1 heterocycles. The number of nitrogens with one attached hydrogen (secondary N) is 2. The van der Waals surface area contributed by atoms with Crippen LogP contribution in [0.25, 0.3) is 11.1 Å². The SMILES string of the molecule is CN1CCC(OC(=O)Nc2cc(CCC(=O)Nc3ccc(CO[Si](C)(C)C(C)(C)C)cc3F)ccc2-c2ccccc2)CC1. The van der Waals surface area contributed by atoms with E-state index in [1.165, 1.54) is 6.07 Å². The number of carbonyl (C=O) groups excluding carboxylic acids is 2. The Morgan fingerprint density at radius 3 is 2.27 bits per heavy atom. The number of halogens is 1. The molecule has 236 valence electrons. The number of rotatable bonds is 10. The second-order valence-electron chi connectivity index (χ2n) is 13.2. The number of amides is 2.